The minimum absolute atomic E-state index is 0.318. The molecule has 0 spiro atoms. The summed E-state index contributed by atoms with van der Waals surface area (Å²) in [6, 6.07) is 10.8. The number of halogens is 1. The molecule has 0 aliphatic heterocycles. The highest BCUT2D eigenvalue weighted by Crippen LogP contribution is 2.42. The first-order valence-electron chi connectivity index (χ1n) is 8.51. The molecule has 1 fully saturated rings. The molecule has 1 aliphatic carbocycles. The molecular weight excluding hydrogens is 333 g/mol. The number of rotatable bonds is 3. The lowest BCUT2D eigenvalue weighted by Gasteiger charge is -2.03. The third-order valence-corrected chi connectivity index (χ3v) is 4.84. The molecular formula is C19H16FN5O. The predicted molar refractivity (Wildman–Crippen MR) is 94.7 cm³/mol. The lowest BCUT2D eigenvalue weighted by Crippen LogP contribution is -2.02. The summed E-state index contributed by atoms with van der Waals surface area (Å²) in [5.74, 6) is 0.149. The summed E-state index contributed by atoms with van der Waals surface area (Å²) in [6.45, 7) is 1.87. The van der Waals surface area contributed by atoms with Gasteiger partial charge in [0.15, 0.2) is 11.7 Å². The van der Waals surface area contributed by atoms with Crippen LogP contribution in [0.3, 0.4) is 0 Å². The average molecular weight is 349 g/mol. The monoisotopic (exact) mass is 349 g/mol. The Hall–Kier alpha value is -3.22. The van der Waals surface area contributed by atoms with Crippen LogP contribution in [-0.2, 0) is 0 Å². The van der Waals surface area contributed by atoms with Crippen LogP contribution in [0.5, 0.6) is 5.88 Å². The van der Waals surface area contributed by atoms with Gasteiger partial charge in [-0.1, -0.05) is 17.3 Å². The van der Waals surface area contributed by atoms with Crippen molar-refractivity contribution in [2.45, 2.75) is 25.8 Å². The van der Waals surface area contributed by atoms with Crippen LogP contribution in [0, 0.1) is 12.9 Å². The highest BCUT2D eigenvalue weighted by molar-refractivity contribution is 5.91. The van der Waals surface area contributed by atoms with Gasteiger partial charge in [0.25, 0.3) is 0 Å². The van der Waals surface area contributed by atoms with Crippen molar-refractivity contribution in [1.82, 2.24) is 24.5 Å². The van der Waals surface area contributed by atoms with E-state index in [1.165, 1.54) is 10.7 Å². The zero-order chi connectivity index (χ0) is 17.8. The highest BCUT2D eigenvalue weighted by Gasteiger charge is 2.26. The van der Waals surface area contributed by atoms with E-state index in [9.17, 15) is 9.50 Å². The molecule has 6 nitrogen and oxygen atoms in total. The summed E-state index contributed by atoms with van der Waals surface area (Å²) < 4.78 is 16.9. The maximum absolute atomic E-state index is 13.4. The van der Waals surface area contributed by atoms with Crippen molar-refractivity contribution in [2.75, 3.05) is 0 Å². The number of nitrogens with zero attached hydrogens (tertiary/aromatic N) is 5. The average Bonchev–Trinajstić information content (AvgIpc) is 3.33. The molecule has 7 heteroatoms. The van der Waals surface area contributed by atoms with Crippen molar-refractivity contribution in [2.24, 2.45) is 0 Å². The van der Waals surface area contributed by atoms with Gasteiger partial charge in [-0.2, -0.15) is 9.07 Å². The number of hydrogen-bond donors (Lipinski definition) is 1. The first-order chi connectivity index (χ1) is 12.6. The quantitative estimate of drug-likeness (QED) is 0.572. The van der Waals surface area contributed by atoms with Crippen molar-refractivity contribution < 1.29 is 9.50 Å². The first kappa shape index (κ1) is 15.1. The number of hydrogen-bond acceptors (Lipinski definition) is 4. The molecule has 1 N–H and O–H groups in total. The van der Waals surface area contributed by atoms with E-state index >= 15 is 0 Å². The molecule has 26 heavy (non-hydrogen) atoms. The highest BCUT2D eigenvalue weighted by atomic mass is 19.1. The Kier molecular flexibility index (Phi) is 3.12. The van der Waals surface area contributed by atoms with Crippen LogP contribution in [0.2, 0.25) is 0 Å². The van der Waals surface area contributed by atoms with Gasteiger partial charge in [0.05, 0.1) is 5.69 Å². The van der Waals surface area contributed by atoms with Crippen molar-refractivity contribution in [1.29, 1.82) is 0 Å². The number of pyridine rings is 1. The largest absolute Gasteiger partial charge is 0.494 e. The molecule has 1 aliphatic rings. The second-order valence-corrected chi connectivity index (χ2v) is 6.65. The smallest absolute Gasteiger partial charge is 0.214 e. The van der Waals surface area contributed by atoms with Crippen molar-refractivity contribution >= 4 is 10.8 Å². The Morgan fingerprint density at radius 1 is 1.19 bits per heavy atom. The van der Waals surface area contributed by atoms with Gasteiger partial charge in [-0.3, -0.25) is 0 Å². The zero-order valence-electron chi connectivity index (χ0n) is 14.1. The molecule has 0 atom stereocenters. The molecule has 0 bridgehead atoms. The van der Waals surface area contributed by atoms with E-state index in [0.29, 0.717) is 23.4 Å². The zero-order valence-corrected chi connectivity index (χ0v) is 14.1. The Balaban J connectivity index is 1.60. The summed E-state index contributed by atoms with van der Waals surface area (Å²) in [5.41, 5.74) is 2.37. The van der Waals surface area contributed by atoms with Crippen molar-refractivity contribution in [3.05, 3.63) is 54.2 Å². The summed E-state index contributed by atoms with van der Waals surface area (Å²) >= 11 is 0. The topological polar surface area (TPSA) is 68.8 Å². The molecule has 5 rings (SSSR count). The van der Waals surface area contributed by atoms with Crippen LogP contribution in [0.1, 0.15) is 24.6 Å². The molecule has 0 saturated heterocycles. The fraction of sp³-hybridized carbons (Fsp3) is 0.211. The molecule has 1 saturated carbocycles. The lowest BCUT2D eigenvalue weighted by molar-refractivity contribution is 0.424. The molecule has 1 aromatic carbocycles. The molecule has 0 radical (unpaired) electrons. The van der Waals surface area contributed by atoms with Crippen molar-refractivity contribution in [3.8, 4) is 23.0 Å². The molecule has 4 aromatic rings. The maximum atomic E-state index is 13.4. The van der Waals surface area contributed by atoms with Gasteiger partial charge in [0, 0.05) is 28.6 Å². The van der Waals surface area contributed by atoms with Gasteiger partial charge >= 0.3 is 0 Å². The number of fused-ring (bicyclic) bond motifs is 1. The van der Waals surface area contributed by atoms with E-state index < -0.39 is 5.95 Å². The minimum Gasteiger partial charge on any atom is -0.494 e. The summed E-state index contributed by atoms with van der Waals surface area (Å²) in [5, 5.41) is 20.6. The van der Waals surface area contributed by atoms with Gasteiger partial charge in [-0.05, 0) is 44.0 Å². The van der Waals surface area contributed by atoms with E-state index in [-0.39, 0.29) is 0 Å². The fourth-order valence-electron chi connectivity index (χ4n) is 3.33. The predicted octanol–water partition coefficient (Wildman–Crippen LogP) is 3.77. The Labute approximate surface area is 148 Å². The first-order valence-corrected chi connectivity index (χ1v) is 8.51. The van der Waals surface area contributed by atoms with Gasteiger partial charge in [-0.15, -0.1) is 5.10 Å². The van der Waals surface area contributed by atoms with Crippen LogP contribution in [0.25, 0.3) is 27.8 Å². The van der Waals surface area contributed by atoms with E-state index in [1.807, 2.05) is 35.9 Å². The molecule has 0 unspecified atom stereocenters. The molecule has 3 aromatic heterocycles. The number of benzene rings is 1. The molecule has 130 valence electrons. The summed E-state index contributed by atoms with van der Waals surface area (Å²) in [4.78, 5) is 3.86. The van der Waals surface area contributed by atoms with E-state index in [2.05, 4.69) is 15.3 Å². The van der Waals surface area contributed by atoms with Crippen LogP contribution in [-0.4, -0.2) is 29.7 Å². The van der Waals surface area contributed by atoms with E-state index in [4.69, 9.17) is 0 Å². The Bertz CT molecular complexity index is 1140. The van der Waals surface area contributed by atoms with Gasteiger partial charge < -0.3 is 9.67 Å². The normalized spacial score (nSPS) is 14.2. The lowest BCUT2D eigenvalue weighted by atomic mass is 10.1. The number of aromatic nitrogens is 5. The van der Waals surface area contributed by atoms with E-state index in [1.54, 1.807) is 12.1 Å². The second kappa shape index (κ2) is 5.39. The standard InChI is InChI=1S/C19H16FN5O/c1-11-18(22-23-25(11)17-4-2-3-16(20)21-17)12-5-8-15-13(9-12)10-24(19(15)26)14-6-7-14/h2-5,8-10,14,26H,6-7H2,1H3. The van der Waals surface area contributed by atoms with Crippen molar-refractivity contribution in [3.63, 3.8) is 0 Å². The second-order valence-electron chi connectivity index (χ2n) is 6.65. The van der Waals surface area contributed by atoms with Crippen LogP contribution < -0.4 is 0 Å². The third kappa shape index (κ3) is 2.28. The third-order valence-electron chi connectivity index (χ3n) is 4.84. The SMILES string of the molecule is Cc1c(-c2ccc3c(O)n(C4CC4)cc3c2)nnn1-c1cccc(F)n1. The van der Waals surface area contributed by atoms with Crippen LogP contribution in [0.4, 0.5) is 4.39 Å². The Morgan fingerprint density at radius 2 is 2.04 bits per heavy atom. The molecule has 3 heterocycles. The van der Waals surface area contributed by atoms with E-state index in [0.717, 1.165) is 34.9 Å². The van der Waals surface area contributed by atoms with Crippen LogP contribution in [0.15, 0.2) is 42.6 Å². The number of aromatic hydroxyl groups is 1. The summed E-state index contributed by atoms with van der Waals surface area (Å²) in [7, 11) is 0. The van der Waals surface area contributed by atoms with Crippen LogP contribution >= 0.6 is 0 Å². The Morgan fingerprint density at radius 3 is 2.81 bits per heavy atom. The maximum Gasteiger partial charge on any atom is 0.214 e. The molecule has 0 amide bonds. The minimum atomic E-state index is -0.558. The van der Waals surface area contributed by atoms with Gasteiger partial charge in [0.1, 0.15) is 5.69 Å². The summed E-state index contributed by atoms with van der Waals surface area (Å²) in [6.07, 6.45) is 4.20. The fourth-order valence-corrected chi connectivity index (χ4v) is 3.33. The van der Waals surface area contributed by atoms with Gasteiger partial charge in [0.2, 0.25) is 5.95 Å². The van der Waals surface area contributed by atoms with Gasteiger partial charge in [-0.25, -0.2) is 4.98 Å².